The van der Waals surface area contributed by atoms with Crippen molar-refractivity contribution < 1.29 is 0 Å². The third-order valence-corrected chi connectivity index (χ3v) is 5.31. The summed E-state index contributed by atoms with van der Waals surface area (Å²) in [5, 5.41) is 0. The second-order valence-electron chi connectivity index (χ2n) is 5.62. The van der Waals surface area contributed by atoms with E-state index in [1.807, 2.05) is 11.3 Å². The van der Waals surface area contributed by atoms with Crippen LogP contribution in [0.2, 0.25) is 0 Å². The predicted molar refractivity (Wildman–Crippen MR) is 72.0 cm³/mol. The molecule has 1 atom stereocenters. The molecule has 1 heterocycles. The Hall–Kier alpha value is 0.0500. The highest BCUT2D eigenvalue weighted by Gasteiger charge is 2.29. The van der Waals surface area contributed by atoms with Crippen LogP contribution in [-0.4, -0.2) is 0 Å². The summed E-state index contributed by atoms with van der Waals surface area (Å²) in [7, 11) is 0. The van der Waals surface area contributed by atoms with Crippen LogP contribution in [0, 0.1) is 11.3 Å². The van der Waals surface area contributed by atoms with Crippen LogP contribution in [0.1, 0.15) is 42.5 Å². The molecule has 2 rings (SSSR count). The average Bonchev–Trinajstić information content (AvgIpc) is 2.57. The Kier molecular flexibility index (Phi) is 3.18. The van der Waals surface area contributed by atoms with Crippen molar-refractivity contribution in [2.45, 2.75) is 45.8 Å². The van der Waals surface area contributed by atoms with Crippen LogP contribution in [0.25, 0.3) is 0 Å². The van der Waals surface area contributed by atoms with E-state index in [9.17, 15) is 0 Å². The lowest BCUT2D eigenvalue weighted by Gasteiger charge is -2.33. The molecule has 0 fully saturated rings. The summed E-state index contributed by atoms with van der Waals surface area (Å²) in [5.41, 5.74) is 2.07. The molecule has 0 saturated carbocycles. The zero-order valence-corrected chi connectivity index (χ0v) is 11.5. The molecule has 0 radical (unpaired) electrons. The highest BCUT2D eigenvalue weighted by molar-refractivity contribution is 7.79. The predicted octanol–water partition coefficient (Wildman–Crippen LogP) is 4.33. The summed E-state index contributed by atoms with van der Waals surface area (Å²) in [5.74, 6) is 1.75. The fraction of sp³-hybridized carbons (Fsp3) is 0.692. The van der Waals surface area contributed by atoms with E-state index in [2.05, 4.69) is 39.5 Å². The van der Waals surface area contributed by atoms with Gasteiger partial charge in [0, 0.05) is 15.5 Å². The summed E-state index contributed by atoms with van der Waals surface area (Å²) < 4.78 is 0. The summed E-state index contributed by atoms with van der Waals surface area (Å²) in [6.45, 7) is 7.11. The maximum absolute atomic E-state index is 4.36. The molecule has 1 aromatic heterocycles. The van der Waals surface area contributed by atoms with Crippen LogP contribution >= 0.6 is 24.0 Å². The first kappa shape index (κ1) is 11.5. The number of aryl methyl sites for hydroxylation is 1. The van der Waals surface area contributed by atoms with Crippen LogP contribution in [0.4, 0.5) is 0 Å². The topological polar surface area (TPSA) is 0 Å². The summed E-state index contributed by atoms with van der Waals surface area (Å²) in [4.78, 5) is 3.07. The van der Waals surface area contributed by atoms with Gasteiger partial charge in [0.2, 0.25) is 0 Å². The SMILES string of the molecule is CC(C)(C)C1CCc2sc(CS)cc2C1. The van der Waals surface area contributed by atoms with Gasteiger partial charge in [-0.05, 0) is 42.2 Å². The van der Waals surface area contributed by atoms with Gasteiger partial charge in [-0.3, -0.25) is 0 Å². The minimum absolute atomic E-state index is 0.459. The second kappa shape index (κ2) is 4.14. The Morgan fingerprint density at radius 1 is 1.47 bits per heavy atom. The number of hydrogen-bond acceptors (Lipinski definition) is 2. The van der Waals surface area contributed by atoms with E-state index in [-0.39, 0.29) is 0 Å². The maximum atomic E-state index is 4.36. The lowest BCUT2D eigenvalue weighted by Crippen LogP contribution is -2.26. The molecule has 84 valence electrons. The quantitative estimate of drug-likeness (QED) is 0.694. The summed E-state index contributed by atoms with van der Waals surface area (Å²) in [6.07, 6.45) is 3.93. The number of thiol groups is 1. The molecular formula is C13H20S2. The minimum Gasteiger partial charge on any atom is -0.174 e. The third kappa shape index (κ3) is 2.42. The Balaban J connectivity index is 2.19. The molecule has 0 bridgehead atoms. The van der Waals surface area contributed by atoms with Gasteiger partial charge in [-0.1, -0.05) is 20.8 Å². The Morgan fingerprint density at radius 3 is 2.80 bits per heavy atom. The number of hydrogen-bond donors (Lipinski definition) is 1. The standard InChI is InChI=1S/C13H20S2/c1-13(2,3)10-4-5-12-9(6-10)7-11(8-14)15-12/h7,10,14H,4-6,8H2,1-3H3. The zero-order chi connectivity index (χ0) is 11.1. The van der Waals surface area contributed by atoms with Gasteiger partial charge in [-0.25, -0.2) is 0 Å². The highest BCUT2D eigenvalue weighted by Crippen LogP contribution is 2.40. The molecular weight excluding hydrogens is 220 g/mol. The van der Waals surface area contributed by atoms with Gasteiger partial charge in [0.15, 0.2) is 0 Å². The number of fused-ring (bicyclic) bond motifs is 1. The van der Waals surface area contributed by atoms with E-state index >= 15 is 0 Å². The minimum atomic E-state index is 0.459. The third-order valence-electron chi connectivity index (χ3n) is 3.51. The first-order valence-corrected chi connectivity index (χ1v) is 7.17. The lowest BCUT2D eigenvalue weighted by atomic mass is 9.72. The molecule has 1 aromatic rings. The molecule has 0 nitrogen and oxygen atoms in total. The molecule has 15 heavy (non-hydrogen) atoms. The monoisotopic (exact) mass is 240 g/mol. The van der Waals surface area contributed by atoms with Gasteiger partial charge >= 0.3 is 0 Å². The number of rotatable bonds is 1. The zero-order valence-electron chi connectivity index (χ0n) is 9.84. The molecule has 0 saturated heterocycles. The van der Waals surface area contributed by atoms with Crippen molar-refractivity contribution in [3.63, 3.8) is 0 Å². The number of thiophene rings is 1. The molecule has 2 heteroatoms. The van der Waals surface area contributed by atoms with E-state index in [1.165, 1.54) is 24.1 Å². The largest absolute Gasteiger partial charge is 0.174 e. The average molecular weight is 240 g/mol. The summed E-state index contributed by atoms with van der Waals surface area (Å²) in [6, 6.07) is 2.38. The normalized spacial score (nSPS) is 21.5. The van der Waals surface area contributed by atoms with E-state index in [4.69, 9.17) is 0 Å². The van der Waals surface area contributed by atoms with E-state index in [1.54, 1.807) is 10.4 Å². The molecule has 1 aliphatic carbocycles. The molecule has 1 aliphatic rings. The van der Waals surface area contributed by atoms with Gasteiger partial charge in [0.05, 0.1) is 0 Å². The smallest absolute Gasteiger partial charge is 0.0248 e. The van der Waals surface area contributed by atoms with E-state index < -0.39 is 0 Å². The molecule has 0 aliphatic heterocycles. The van der Waals surface area contributed by atoms with Crippen molar-refractivity contribution in [1.29, 1.82) is 0 Å². The van der Waals surface area contributed by atoms with Crippen LogP contribution in [0.3, 0.4) is 0 Å². The van der Waals surface area contributed by atoms with Crippen LogP contribution in [0.5, 0.6) is 0 Å². The molecule has 0 amide bonds. The first-order chi connectivity index (χ1) is 7.00. The van der Waals surface area contributed by atoms with Crippen LogP contribution in [-0.2, 0) is 18.6 Å². The second-order valence-corrected chi connectivity index (χ2v) is 7.16. The molecule has 0 spiro atoms. The van der Waals surface area contributed by atoms with Crippen molar-refractivity contribution in [3.8, 4) is 0 Å². The fourth-order valence-electron chi connectivity index (χ4n) is 2.40. The van der Waals surface area contributed by atoms with Crippen molar-refractivity contribution in [2.24, 2.45) is 11.3 Å². The van der Waals surface area contributed by atoms with E-state index in [0.29, 0.717) is 5.41 Å². The van der Waals surface area contributed by atoms with Crippen LogP contribution < -0.4 is 0 Å². The molecule has 1 unspecified atom stereocenters. The maximum Gasteiger partial charge on any atom is 0.0248 e. The van der Waals surface area contributed by atoms with E-state index in [0.717, 1.165) is 11.7 Å². The van der Waals surface area contributed by atoms with Crippen molar-refractivity contribution in [1.82, 2.24) is 0 Å². The Bertz CT molecular complexity index is 344. The fourth-order valence-corrected chi connectivity index (χ4v) is 3.76. The Morgan fingerprint density at radius 2 is 2.20 bits per heavy atom. The lowest BCUT2D eigenvalue weighted by molar-refractivity contribution is 0.217. The van der Waals surface area contributed by atoms with Crippen molar-refractivity contribution >= 4 is 24.0 Å². The van der Waals surface area contributed by atoms with Crippen molar-refractivity contribution in [2.75, 3.05) is 0 Å². The van der Waals surface area contributed by atoms with Crippen molar-refractivity contribution in [3.05, 3.63) is 21.4 Å². The molecule has 0 aromatic carbocycles. The molecule has 0 N–H and O–H groups in total. The first-order valence-electron chi connectivity index (χ1n) is 5.72. The van der Waals surface area contributed by atoms with Crippen LogP contribution in [0.15, 0.2) is 6.07 Å². The van der Waals surface area contributed by atoms with Gasteiger partial charge in [0.1, 0.15) is 0 Å². The van der Waals surface area contributed by atoms with Gasteiger partial charge < -0.3 is 0 Å². The summed E-state index contributed by atoms with van der Waals surface area (Å²) >= 11 is 6.33. The van der Waals surface area contributed by atoms with Gasteiger partial charge in [-0.15, -0.1) is 11.3 Å². The Labute approximate surface area is 103 Å². The van der Waals surface area contributed by atoms with Gasteiger partial charge in [-0.2, -0.15) is 12.6 Å². The highest BCUT2D eigenvalue weighted by atomic mass is 32.1. The van der Waals surface area contributed by atoms with Gasteiger partial charge in [0.25, 0.3) is 0 Å².